The van der Waals surface area contributed by atoms with E-state index in [-0.39, 0.29) is 10.5 Å². The van der Waals surface area contributed by atoms with Crippen LogP contribution in [0.15, 0.2) is 58.4 Å². The average molecular weight is 419 g/mol. The third kappa shape index (κ3) is 7.75. The summed E-state index contributed by atoms with van der Waals surface area (Å²) in [6.45, 7) is 9.57. The number of rotatable bonds is 7. The molecule has 0 aliphatic carbocycles. The molecule has 0 atom stereocenters. The molecule has 0 saturated heterocycles. The standard InChI is InChI=1S/C21H30N4O3S/c1-5-23-20(24-14-16-9-8-11-18(13-16)29(22,26)27)25-15-17-10-6-7-12-19(17)28-21(2,3)4/h6-13H,5,14-15H2,1-4H3,(H2,22,26,27)(H2,23,24,25). The summed E-state index contributed by atoms with van der Waals surface area (Å²) >= 11 is 0. The topological polar surface area (TPSA) is 106 Å². The molecule has 0 unspecified atom stereocenters. The molecular weight excluding hydrogens is 388 g/mol. The van der Waals surface area contributed by atoms with E-state index in [2.05, 4.69) is 15.6 Å². The van der Waals surface area contributed by atoms with E-state index in [1.807, 2.05) is 58.0 Å². The number of nitrogens with one attached hydrogen (secondary N) is 2. The first-order chi connectivity index (χ1) is 13.6. The molecule has 7 nitrogen and oxygen atoms in total. The number of aliphatic imine (C=N–C) groups is 1. The van der Waals surface area contributed by atoms with E-state index in [9.17, 15) is 8.42 Å². The van der Waals surface area contributed by atoms with Crippen molar-refractivity contribution < 1.29 is 13.2 Å². The van der Waals surface area contributed by atoms with Gasteiger partial charge in [-0.1, -0.05) is 30.3 Å². The average Bonchev–Trinajstić information content (AvgIpc) is 2.63. The lowest BCUT2D eigenvalue weighted by atomic mass is 10.1. The number of nitrogens with two attached hydrogens (primary N) is 1. The zero-order chi connectivity index (χ0) is 21.5. The van der Waals surface area contributed by atoms with Gasteiger partial charge in [0.05, 0.1) is 11.4 Å². The number of para-hydroxylation sites is 1. The summed E-state index contributed by atoms with van der Waals surface area (Å²) in [7, 11) is -3.73. The van der Waals surface area contributed by atoms with Crippen molar-refractivity contribution in [2.24, 2.45) is 10.1 Å². The van der Waals surface area contributed by atoms with Gasteiger partial charge in [-0.2, -0.15) is 0 Å². The summed E-state index contributed by atoms with van der Waals surface area (Å²) in [6.07, 6.45) is 0. The van der Waals surface area contributed by atoms with E-state index in [0.717, 1.165) is 16.9 Å². The minimum atomic E-state index is -3.73. The highest BCUT2D eigenvalue weighted by Gasteiger charge is 2.14. The van der Waals surface area contributed by atoms with Gasteiger partial charge in [-0.25, -0.2) is 18.5 Å². The summed E-state index contributed by atoms with van der Waals surface area (Å²) in [5, 5.41) is 11.7. The lowest BCUT2D eigenvalue weighted by Gasteiger charge is -2.23. The zero-order valence-electron chi connectivity index (χ0n) is 17.4. The molecule has 0 radical (unpaired) electrons. The van der Waals surface area contributed by atoms with Crippen LogP contribution in [0.1, 0.15) is 38.8 Å². The van der Waals surface area contributed by atoms with Gasteiger partial charge in [0.25, 0.3) is 0 Å². The number of hydrogen-bond acceptors (Lipinski definition) is 4. The summed E-state index contributed by atoms with van der Waals surface area (Å²) in [4.78, 5) is 4.62. The Labute approximate surface area is 173 Å². The molecule has 158 valence electrons. The van der Waals surface area contributed by atoms with E-state index in [0.29, 0.717) is 25.6 Å². The van der Waals surface area contributed by atoms with Gasteiger partial charge >= 0.3 is 0 Å². The molecule has 0 aliphatic heterocycles. The van der Waals surface area contributed by atoms with Crippen LogP contribution in [0.3, 0.4) is 0 Å². The number of primary sulfonamides is 1. The van der Waals surface area contributed by atoms with E-state index in [4.69, 9.17) is 9.88 Å². The van der Waals surface area contributed by atoms with Crippen LogP contribution in [0, 0.1) is 0 Å². The SMILES string of the molecule is CCNC(=NCc1cccc(S(N)(=O)=O)c1)NCc1ccccc1OC(C)(C)C. The van der Waals surface area contributed by atoms with E-state index >= 15 is 0 Å². The molecule has 0 amide bonds. The van der Waals surface area contributed by atoms with Crippen LogP contribution in [0.25, 0.3) is 0 Å². The zero-order valence-corrected chi connectivity index (χ0v) is 18.2. The lowest BCUT2D eigenvalue weighted by molar-refractivity contribution is 0.129. The van der Waals surface area contributed by atoms with Gasteiger partial charge in [-0.05, 0) is 51.5 Å². The second-order valence-corrected chi connectivity index (χ2v) is 9.12. The first kappa shape index (κ1) is 22.7. The van der Waals surface area contributed by atoms with Crippen molar-refractivity contribution >= 4 is 16.0 Å². The van der Waals surface area contributed by atoms with Crippen molar-refractivity contribution in [3.63, 3.8) is 0 Å². The van der Waals surface area contributed by atoms with Crippen molar-refractivity contribution in [3.8, 4) is 5.75 Å². The second-order valence-electron chi connectivity index (χ2n) is 7.56. The molecule has 0 saturated carbocycles. The molecule has 0 aliphatic rings. The predicted octanol–water partition coefficient (Wildman–Crippen LogP) is 2.77. The normalized spacial score (nSPS) is 12.5. The molecule has 0 bridgehead atoms. The largest absolute Gasteiger partial charge is 0.488 e. The van der Waals surface area contributed by atoms with Gasteiger partial charge in [-0.15, -0.1) is 0 Å². The van der Waals surface area contributed by atoms with Crippen molar-refractivity contribution in [2.45, 2.75) is 51.3 Å². The molecule has 4 N–H and O–H groups in total. The minimum absolute atomic E-state index is 0.0800. The third-order valence-electron chi connectivity index (χ3n) is 3.83. The van der Waals surface area contributed by atoms with Crippen molar-refractivity contribution in [1.82, 2.24) is 10.6 Å². The smallest absolute Gasteiger partial charge is 0.238 e. The van der Waals surface area contributed by atoms with Gasteiger partial charge in [0.2, 0.25) is 10.0 Å². The van der Waals surface area contributed by atoms with E-state index in [1.54, 1.807) is 6.07 Å². The van der Waals surface area contributed by atoms with Gasteiger partial charge in [0.1, 0.15) is 11.4 Å². The van der Waals surface area contributed by atoms with Crippen LogP contribution in [0.2, 0.25) is 0 Å². The number of benzene rings is 2. The monoisotopic (exact) mass is 418 g/mol. The van der Waals surface area contributed by atoms with E-state index < -0.39 is 10.0 Å². The molecule has 0 aromatic heterocycles. The van der Waals surface area contributed by atoms with Gasteiger partial charge in [0, 0.05) is 18.7 Å². The third-order valence-corrected chi connectivity index (χ3v) is 4.74. The minimum Gasteiger partial charge on any atom is -0.488 e. The van der Waals surface area contributed by atoms with Crippen LogP contribution < -0.4 is 20.5 Å². The van der Waals surface area contributed by atoms with Crippen LogP contribution in [-0.2, 0) is 23.1 Å². The summed E-state index contributed by atoms with van der Waals surface area (Å²) in [6, 6.07) is 14.3. The Balaban J connectivity index is 2.11. The number of hydrogen-bond donors (Lipinski definition) is 3. The van der Waals surface area contributed by atoms with Crippen molar-refractivity contribution in [2.75, 3.05) is 6.54 Å². The molecule has 2 rings (SSSR count). The molecule has 0 heterocycles. The summed E-state index contributed by atoms with van der Waals surface area (Å²) in [5.74, 6) is 1.45. The maximum absolute atomic E-state index is 11.5. The first-order valence-electron chi connectivity index (χ1n) is 9.49. The van der Waals surface area contributed by atoms with Crippen LogP contribution in [-0.4, -0.2) is 26.5 Å². The highest BCUT2D eigenvalue weighted by atomic mass is 32.2. The highest BCUT2D eigenvalue weighted by Crippen LogP contribution is 2.22. The Morgan fingerprint density at radius 2 is 1.83 bits per heavy atom. The molecular formula is C21H30N4O3S. The Morgan fingerprint density at radius 3 is 2.48 bits per heavy atom. The quantitative estimate of drug-likeness (QED) is 0.474. The fraction of sp³-hybridized carbons (Fsp3) is 0.381. The van der Waals surface area contributed by atoms with Gasteiger partial charge < -0.3 is 15.4 Å². The predicted molar refractivity (Wildman–Crippen MR) is 116 cm³/mol. The number of nitrogens with zero attached hydrogens (tertiary/aromatic N) is 1. The Bertz CT molecular complexity index is 950. The fourth-order valence-electron chi connectivity index (χ4n) is 2.59. The maximum atomic E-state index is 11.5. The van der Waals surface area contributed by atoms with E-state index in [1.165, 1.54) is 12.1 Å². The number of sulfonamides is 1. The van der Waals surface area contributed by atoms with Crippen molar-refractivity contribution in [3.05, 3.63) is 59.7 Å². The highest BCUT2D eigenvalue weighted by molar-refractivity contribution is 7.89. The Morgan fingerprint density at radius 1 is 1.10 bits per heavy atom. The molecule has 8 heteroatoms. The van der Waals surface area contributed by atoms with Gasteiger partial charge in [-0.3, -0.25) is 0 Å². The Hall–Kier alpha value is -2.58. The lowest BCUT2D eigenvalue weighted by Crippen LogP contribution is -2.37. The van der Waals surface area contributed by atoms with Gasteiger partial charge in [0.15, 0.2) is 5.96 Å². The molecule has 2 aromatic rings. The number of guanidine groups is 1. The second kappa shape index (κ2) is 9.76. The Kier molecular flexibility index (Phi) is 7.64. The molecule has 29 heavy (non-hydrogen) atoms. The van der Waals surface area contributed by atoms with Crippen LogP contribution in [0.5, 0.6) is 5.75 Å². The number of ether oxygens (including phenoxy) is 1. The fourth-order valence-corrected chi connectivity index (χ4v) is 3.18. The van der Waals surface area contributed by atoms with Crippen LogP contribution in [0.4, 0.5) is 0 Å². The first-order valence-corrected chi connectivity index (χ1v) is 11.0. The summed E-state index contributed by atoms with van der Waals surface area (Å²) < 4.78 is 29.1. The van der Waals surface area contributed by atoms with Crippen LogP contribution >= 0.6 is 0 Å². The maximum Gasteiger partial charge on any atom is 0.238 e. The molecule has 0 spiro atoms. The summed E-state index contributed by atoms with van der Waals surface area (Å²) in [5.41, 5.74) is 1.48. The molecule has 2 aromatic carbocycles. The van der Waals surface area contributed by atoms with Crippen molar-refractivity contribution in [1.29, 1.82) is 0 Å². The molecule has 0 fully saturated rings.